The quantitative estimate of drug-likeness (QED) is 0.816. The Morgan fingerprint density at radius 3 is 2.75 bits per heavy atom. The molecule has 3 fully saturated rings. The van der Waals surface area contributed by atoms with E-state index in [1.54, 1.807) is 11.1 Å². The van der Waals surface area contributed by atoms with Crippen molar-refractivity contribution in [2.24, 2.45) is 5.92 Å². The summed E-state index contributed by atoms with van der Waals surface area (Å²) >= 11 is 0. The van der Waals surface area contributed by atoms with Crippen LogP contribution in [0.15, 0.2) is 18.6 Å². The third-order valence-electron chi connectivity index (χ3n) is 5.25. The normalized spacial score (nSPS) is 23.6. The van der Waals surface area contributed by atoms with E-state index in [4.69, 9.17) is 4.74 Å². The van der Waals surface area contributed by atoms with Crippen LogP contribution in [0, 0.1) is 5.92 Å². The first-order chi connectivity index (χ1) is 11.7. The molecule has 0 aromatic carbocycles. The number of piperidine rings is 1. The smallest absolute Gasteiger partial charge is 0.274 e. The molecule has 24 heavy (non-hydrogen) atoms. The lowest BCUT2D eigenvalue weighted by atomic mass is 9.89. The highest BCUT2D eigenvalue weighted by Gasteiger charge is 2.44. The monoisotopic (exact) mass is 330 g/mol. The molecule has 0 radical (unpaired) electrons. The van der Waals surface area contributed by atoms with Gasteiger partial charge in [0.1, 0.15) is 12.3 Å². The Hall–Kier alpha value is -2.02. The minimum atomic E-state index is -0.290. The number of carbonyl (C=O) groups excluding carboxylic acids is 2. The van der Waals surface area contributed by atoms with Crippen LogP contribution < -0.4 is 0 Å². The summed E-state index contributed by atoms with van der Waals surface area (Å²) in [5, 5.41) is 0. The fraction of sp³-hybridized carbons (Fsp3) is 0.647. The van der Waals surface area contributed by atoms with Crippen molar-refractivity contribution < 1.29 is 14.3 Å². The average Bonchev–Trinajstić information content (AvgIpc) is 3.43. The van der Waals surface area contributed by atoms with E-state index in [-0.39, 0.29) is 24.0 Å². The summed E-state index contributed by atoms with van der Waals surface area (Å²) in [6.45, 7) is 2.95. The Morgan fingerprint density at radius 1 is 1.29 bits per heavy atom. The van der Waals surface area contributed by atoms with E-state index in [1.807, 2.05) is 4.90 Å². The fourth-order valence-electron chi connectivity index (χ4n) is 3.56. The van der Waals surface area contributed by atoms with Crippen LogP contribution in [-0.4, -0.2) is 70.0 Å². The highest BCUT2D eigenvalue weighted by molar-refractivity contribution is 5.92. The SMILES string of the molecule is O=C1COC2(CCN(C(=O)c3cnccn3)CC2)CN1CC1CC1. The molecule has 2 saturated heterocycles. The van der Waals surface area contributed by atoms with Crippen molar-refractivity contribution in [3.63, 3.8) is 0 Å². The van der Waals surface area contributed by atoms with E-state index in [2.05, 4.69) is 9.97 Å². The molecule has 1 aliphatic carbocycles. The lowest BCUT2D eigenvalue weighted by Crippen LogP contribution is -2.59. The molecular weight excluding hydrogens is 308 g/mol. The van der Waals surface area contributed by atoms with Gasteiger partial charge < -0.3 is 14.5 Å². The predicted octanol–water partition coefficient (Wildman–Crippen LogP) is 0.720. The van der Waals surface area contributed by atoms with Gasteiger partial charge in [-0.1, -0.05) is 0 Å². The van der Waals surface area contributed by atoms with Gasteiger partial charge in [0.2, 0.25) is 5.91 Å². The van der Waals surface area contributed by atoms with Gasteiger partial charge in [-0.3, -0.25) is 14.6 Å². The molecule has 0 atom stereocenters. The van der Waals surface area contributed by atoms with E-state index >= 15 is 0 Å². The van der Waals surface area contributed by atoms with E-state index in [9.17, 15) is 9.59 Å². The minimum absolute atomic E-state index is 0.0836. The number of likely N-dealkylation sites (tertiary alicyclic amines) is 1. The number of aromatic nitrogens is 2. The maximum Gasteiger partial charge on any atom is 0.274 e. The third-order valence-corrected chi connectivity index (χ3v) is 5.25. The first-order valence-corrected chi connectivity index (χ1v) is 8.62. The minimum Gasteiger partial charge on any atom is -0.363 e. The zero-order chi connectivity index (χ0) is 16.6. The number of hydrogen-bond acceptors (Lipinski definition) is 5. The van der Waals surface area contributed by atoms with Gasteiger partial charge in [-0.25, -0.2) is 4.98 Å². The van der Waals surface area contributed by atoms with Crippen LogP contribution in [0.2, 0.25) is 0 Å². The molecule has 3 heterocycles. The molecule has 1 aromatic rings. The lowest BCUT2D eigenvalue weighted by molar-refractivity contribution is -0.170. The van der Waals surface area contributed by atoms with Crippen molar-refractivity contribution in [1.29, 1.82) is 0 Å². The molecule has 0 bridgehead atoms. The molecule has 128 valence electrons. The van der Waals surface area contributed by atoms with Gasteiger partial charge in [-0.15, -0.1) is 0 Å². The number of ether oxygens (including phenoxy) is 1. The van der Waals surface area contributed by atoms with Crippen LogP contribution >= 0.6 is 0 Å². The maximum absolute atomic E-state index is 12.5. The standard InChI is InChI=1S/C17H22N4O3/c22-15-11-24-17(12-21(15)10-13-1-2-13)3-7-20(8-4-17)16(23)14-9-18-5-6-19-14/h5-6,9,13H,1-4,7-8,10-12H2. The molecule has 0 unspecified atom stereocenters. The summed E-state index contributed by atoms with van der Waals surface area (Å²) < 4.78 is 5.93. The average molecular weight is 330 g/mol. The molecule has 1 aromatic heterocycles. The molecule has 0 N–H and O–H groups in total. The predicted molar refractivity (Wildman–Crippen MR) is 85.2 cm³/mol. The van der Waals surface area contributed by atoms with Crippen LogP contribution in [0.5, 0.6) is 0 Å². The summed E-state index contributed by atoms with van der Waals surface area (Å²) in [7, 11) is 0. The zero-order valence-electron chi connectivity index (χ0n) is 13.7. The molecule has 4 rings (SSSR count). The maximum atomic E-state index is 12.5. The Labute approximate surface area is 141 Å². The summed E-state index contributed by atoms with van der Waals surface area (Å²) in [5.41, 5.74) is 0.0886. The van der Waals surface area contributed by atoms with Crippen LogP contribution in [0.1, 0.15) is 36.2 Å². The summed E-state index contributed by atoms with van der Waals surface area (Å²) in [6, 6.07) is 0. The van der Waals surface area contributed by atoms with E-state index in [0.29, 0.717) is 31.2 Å². The number of morpholine rings is 1. The van der Waals surface area contributed by atoms with Gasteiger partial charge >= 0.3 is 0 Å². The first-order valence-electron chi connectivity index (χ1n) is 8.62. The van der Waals surface area contributed by atoms with Crippen LogP contribution in [-0.2, 0) is 9.53 Å². The van der Waals surface area contributed by atoms with Crippen molar-refractivity contribution >= 4 is 11.8 Å². The molecule has 1 spiro atoms. The number of hydrogen-bond donors (Lipinski definition) is 0. The summed E-state index contributed by atoms with van der Waals surface area (Å²) in [6.07, 6.45) is 8.57. The highest BCUT2D eigenvalue weighted by Crippen LogP contribution is 2.34. The van der Waals surface area contributed by atoms with Crippen LogP contribution in [0.4, 0.5) is 0 Å². The van der Waals surface area contributed by atoms with Gasteiger partial charge in [0, 0.05) is 38.6 Å². The van der Waals surface area contributed by atoms with E-state index in [1.165, 1.54) is 25.2 Å². The van der Waals surface area contributed by atoms with Crippen LogP contribution in [0.25, 0.3) is 0 Å². The summed E-state index contributed by atoms with van der Waals surface area (Å²) in [4.78, 5) is 36.3. The molecule has 7 heteroatoms. The molecule has 2 aliphatic heterocycles. The number of rotatable bonds is 3. The van der Waals surface area contributed by atoms with Gasteiger partial charge in [0.15, 0.2) is 0 Å². The Morgan fingerprint density at radius 2 is 2.08 bits per heavy atom. The molecule has 3 aliphatic rings. The van der Waals surface area contributed by atoms with Crippen molar-refractivity contribution in [3.8, 4) is 0 Å². The molecular formula is C17H22N4O3. The van der Waals surface area contributed by atoms with Crippen molar-refractivity contribution in [1.82, 2.24) is 19.8 Å². The first kappa shape index (κ1) is 15.5. The fourth-order valence-corrected chi connectivity index (χ4v) is 3.56. The topological polar surface area (TPSA) is 75.6 Å². The lowest BCUT2D eigenvalue weighted by Gasteiger charge is -2.47. The Kier molecular flexibility index (Phi) is 3.96. The van der Waals surface area contributed by atoms with Gasteiger partial charge in [0.05, 0.1) is 11.8 Å². The van der Waals surface area contributed by atoms with Crippen molar-refractivity contribution in [2.75, 3.05) is 32.8 Å². The second-order valence-electron chi connectivity index (χ2n) is 7.07. The zero-order valence-corrected chi connectivity index (χ0v) is 13.7. The van der Waals surface area contributed by atoms with Gasteiger partial charge in [-0.05, 0) is 31.6 Å². The highest BCUT2D eigenvalue weighted by atomic mass is 16.5. The third kappa shape index (κ3) is 3.13. The molecule has 7 nitrogen and oxygen atoms in total. The van der Waals surface area contributed by atoms with Gasteiger partial charge in [-0.2, -0.15) is 0 Å². The van der Waals surface area contributed by atoms with E-state index < -0.39 is 0 Å². The van der Waals surface area contributed by atoms with Gasteiger partial charge in [0.25, 0.3) is 5.91 Å². The number of carbonyl (C=O) groups is 2. The molecule has 2 amide bonds. The van der Waals surface area contributed by atoms with Crippen molar-refractivity contribution in [3.05, 3.63) is 24.3 Å². The second-order valence-corrected chi connectivity index (χ2v) is 7.07. The number of nitrogens with zero attached hydrogens (tertiary/aromatic N) is 4. The summed E-state index contributed by atoms with van der Waals surface area (Å²) in [5.74, 6) is 0.702. The Balaban J connectivity index is 1.38. The number of amides is 2. The van der Waals surface area contributed by atoms with E-state index in [0.717, 1.165) is 19.4 Å². The van der Waals surface area contributed by atoms with Crippen molar-refractivity contribution in [2.45, 2.75) is 31.3 Å². The largest absolute Gasteiger partial charge is 0.363 e. The molecule has 1 saturated carbocycles. The second kappa shape index (κ2) is 6.12. The Bertz CT molecular complexity index is 624. The van der Waals surface area contributed by atoms with Crippen LogP contribution in [0.3, 0.4) is 0 Å².